The maximum atomic E-state index is 12.3. The summed E-state index contributed by atoms with van der Waals surface area (Å²) in [5.74, 6) is 2.83. The molecule has 0 aromatic heterocycles. The average molecular weight is 429 g/mol. The average Bonchev–Trinajstić information content (AvgIpc) is 2.81. The Bertz CT molecular complexity index is 868. The summed E-state index contributed by atoms with van der Waals surface area (Å²) in [4.78, 5) is 18.9. The van der Waals surface area contributed by atoms with Gasteiger partial charge in [0.1, 0.15) is 17.2 Å². The lowest BCUT2D eigenvalue weighted by molar-refractivity contribution is 0.0954. The SMILES string of the molecule is CCNC(=NCCNC(=O)c1ccc(OC)cc1)N(C)Cc1ccc(OC)cc1OC. The monoisotopic (exact) mass is 428 g/mol. The molecule has 168 valence electrons. The van der Waals surface area contributed by atoms with Crippen LogP contribution in [0.5, 0.6) is 17.2 Å². The van der Waals surface area contributed by atoms with Crippen molar-refractivity contribution in [2.75, 3.05) is 48.0 Å². The number of carbonyl (C=O) groups is 1. The third-order valence-electron chi connectivity index (χ3n) is 4.61. The van der Waals surface area contributed by atoms with Crippen LogP contribution < -0.4 is 24.8 Å². The van der Waals surface area contributed by atoms with Gasteiger partial charge in [-0.1, -0.05) is 0 Å². The van der Waals surface area contributed by atoms with Gasteiger partial charge in [-0.05, 0) is 43.3 Å². The molecule has 0 heterocycles. The molecule has 2 rings (SSSR count). The van der Waals surface area contributed by atoms with Gasteiger partial charge >= 0.3 is 0 Å². The molecule has 0 bridgehead atoms. The number of nitrogens with one attached hydrogen (secondary N) is 2. The van der Waals surface area contributed by atoms with E-state index in [-0.39, 0.29) is 5.91 Å². The van der Waals surface area contributed by atoms with E-state index >= 15 is 0 Å². The fourth-order valence-corrected chi connectivity index (χ4v) is 2.96. The number of methoxy groups -OCH3 is 3. The number of benzene rings is 2. The van der Waals surface area contributed by atoms with Crippen molar-refractivity contribution in [3.63, 3.8) is 0 Å². The van der Waals surface area contributed by atoms with Crippen LogP contribution in [0.4, 0.5) is 0 Å². The van der Waals surface area contributed by atoms with Crippen molar-refractivity contribution >= 4 is 11.9 Å². The van der Waals surface area contributed by atoms with Crippen molar-refractivity contribution in [3.05, 3.63) is 53.6 Å². The van der Waals surface area contributed by atoms with Crippen LogP contribution >= 0.6 is 0 Å². The zero-order chi connectivity index (χ0) is 22.6. The number of ether oxygens (including phenoxy) is 3. The van der Waals surface area contributed by atoms with E-state index in [1.165, 1.54) is 0 Å². The molecule has 0 aliphatic rings. The molecular weight excluding hydrogens is 396 g/mol. The maximum Gasteiger partial charge on any atom is 0.251 e. The minimum absolute atomic E-state index is 0.140. The number of nitrogens with zero attached hydrogens (tertiary/aromatic N) is 2. The molecular formula is C23H32N4O4. The maximum absolute atomic E-state index is 12.3. The first-order valence-corrected chi connectivity index (χ1v) is 10.1. The minimum atomic E-state index is -0.140. The quantitative estimate of drug-likeness (QED) is 0.344. The molecule has 8 heteroatoms. The van der Waals surface area contributed by atoms with Crippen LogP contribution in [0, 0.1) is 0 Å². The summed E-state index contributed by atoms with van der Waals surface area (Å²) in [6.07, 6.45) is 0. The Morgan fingerprint density at radius 2 is 1.65 bits per heavy atom. The van der Waals surface area contributed by atoms with Gasteiger partial charge in [-0.3, -0.25) is 9.79 Å². The lowest BCUT2D eigenvalue weighted by atomic mass is 10.2. The molecule has 8 nitrogen and oxygen atoms in total. The molecule has 0 radical (unpaired) electrons. The van der Waals surface area contributed by atoms with Crippen molar-refractivity contribution in [1.29, 1.82) is 0 Å². The molecule has 31 heavy (non-hydrogen) atoms. The molecule has 0 aliphatic heterocycles. The second-order valence-electron chi connectivity index (χ2n) is 6.75. The Labute approximate surface area is 184 Å². The topological polar surface area (TPSA) is 84.4 Å². The van der Waals surface area contributed by atoms with Crippen LogP contribution in [0.15, 0.2) is 47.5 Å². The van der Waals surface area contributed by atoms with E-state index in [1.807, 2.05) is 37.1 Å². The van der Waals surface area contributed by atoms with Gasteiger partial charge in [-0.25, -0.2) is 0 Å². The third-order valence-corrected chi connectivity index (χ3v) is 4.61. The van der Waals surface area contributed by atoms with Gasteiger partial charge in [0.05, 0.1) is 27.9 Å². The Morgan fingerprint density at radius 3 is 2.26 bits per heavy atom. The van der Waals surface area contributed by atoms with E-state index in [2.05, 4.69) is 15.6 Å². The van der Waals surface area contributed by atoms with Crippen molar-refractivity contribution in [3.8, 4) is 17.2 Å². The summed E-state index contributed by atoms with van der Waals surface area (Å²) in [6.45, 7) is 4.24. The Kier molecular flexibility index (Phi) is 9.48. The standard InChI is InChI=1S/C23H32N4O4/c1-6-24-23(27(2)16-18-9-12-20(30-4)15-21(18)31-5)26-14-13-25-22(28)17-7-10-19(29-3)11-8-17/h7-12,15H,6,13-14,16H2,1-5H3,(H,24,26)(H,25,28). The second kappa shape index (κ2) is 12.3. The first-order chi connectivity index (χ1) is 15.0. The molecule has 2 aromatic rings. The molecule has 0 atom stereocenters. The van der Waals surface area contributed by atoms with Gasteiger partial charge in [-0.15, -0.1) is 0 Å². The molecule has 0 saturated carbocycles. The molecule has 0 saturated heterocycles. The van der Waals surface area contributed by atoms with Crippen molar-refractivity contribution in [2.45, 2.75) is 13.5 Å². The van der Waals surface area contributed by atoms with Gasteiger partial charge in [0.2, 0.25) is 0 Å². The second-order valence-corrected chi connectivity index (χ2v) is 6.75. The molecule has 0 unspecified atom stereocenters. The first kappa shape index (κ1) is 23.9. The summed E-state index contributed by atoms with van der Waals surface area (Å²) in [6, 6.07) is 12.7. The fourth-order valence-electron chi connectivity index (χ4n) is 2.96. The molecule has 0 fully saturated rings. The normalized spacial score (nSPS) is 10.9. The van der Waals surface area contributed by atoms with E-state index in [4.69, 9.17) is 14.2 Å². The lowest BCUT2D eigenvalue weighted by Crippen LogP contribution is -2.39. The van der Waals surface area contributed by atoms with Crippen LogP contribution in [0.25, 0.3) is 0 Å². The number of guanidine groups is 1. The fraction of sp³-hybridized carbons (Fsp3) is 0.391. The molecule has 0 aliphatic carbocycles. The zero-order valence-electron chi connectivity index (χ0n) is 18.9. The number of hydrogen-bond donors (Lipinski definition) is 2. The minimum Gasteiger partial charge on any atom is -0.497 e. The van der Waals surface area contributed by atoms with Gasteiger partial charge in [0, 0.05) is 43.9 Å². The Balaban J connectivity index is 1.95. The third kappa shape index (κ3) is 7.09. The van der Waals surface area contributed by atoms with Crippen molar-refractivity contribution in [1.82, 2.24) is 15.5 Å². The molecule has 2 N–H and O–H groups in total. The van der Waals surface area contributed by atoms with Gasteiger partial charge in [0.25, 0.3) is 5.91 Å². The summed E-state index contributed by atoms with van der Waals surface area (Å²) in [5, 5.41) is 6.17. The highest BCUT2D eigenvalue weighted by atomic mass is 16.5. The number of carbonyl (C=O) groups excluding carboxylic acids is 1. The molecule has 2 aromatic carbocycles. The Morgan fingerprint density at radius 1 is 0.968 bits per heavy atom. The van der Waals surface area contributed by atoms with Crippen molar-refractivity contribution < 1.29 is 19.0 Å². The van der Waals surface area contributed by atoms with Crippen LogP contribution in [-0.4, -0.2) is 64.8 Å². The highest BCUT2D eigenvalue weighted by molar-refractivity contribution is 5.94. The first-order valence-electron chi connectivity index (χ1n) is 10.1. The summed E-state index contributed by atoms with van der Waals surface area (Å²) in [5.41, 5.74) is 1.60. The number of rotatable bonds is 10. The summed E-state index contributed by atoms with van der Waals surface area (Å²) < 4.78 is 15.9. The van der Waals surface area contributed by atoms with Gasteiger partial charge in [-0.2, -0.15) is 0 Å². The highest BCUT2D eigenvalue weighted by Gasteiger charge is 2.11. The summed E-state index contributed by atoms with van der Waals surface area (Å²) >= 11 is 0. The summed E-state index contributed by atoms with van der Waals surface area (Å²) in [7, 11) is 6.82. The van der Waals surface area contributed by atoms with Crippen LogP contribution in [0.2, 0.25) is 0 Å². The van der Waals surface area contributed by atoms with Crippen LogP contribution in [0.1, 0.15) is 22.8 Å². The van der Waals surface area contributed by atoms with Crippen LogP contribution in [0.3, 0.4) is 0 Å². The number of hydrogen-bond acceptors (Lipinski definition) is 5. The van der Waals surface area contributed by atoms with E-state index < -0.39 is 0 Å². The van der Waals surface area contributed by atoms with E-state index in [0.717, 1.165) is 29.6 Å². The largest absolute Gasteiger partial charge is 0.497 e. The van der Waals surface area contributed by atoms with Crippen molar-refractivity contribution in [2.24, 2.45) is 4.99 Å². The number of aliphatic imine (C=N–C) groups is 1. The van der Waals surface area contributed by atoms with Gasteiger partial charge in [0.15, 0.2) is 5.96 Å². The van der Waals surface area contributed by atoms with Gasteiger partial charge < -0.3 is 29.7 Å². The van der Waals surface area contributed by atoms with Crippen LogP contribution in [-0.2, 0) is 6.54 Å². The lowest BCUT2D eigenvalue weighted by Gasteiger charge is -2.23. The predicted octanol–water partition coefficient (Wildman–Crippen LogP) is 2.54. The van der Waals surface area contributed by atoms with E-state index in [9.17, 15) is 4.79 Å². The highest BCUT2D eigenvalue weighted by Crippen LogP contribution is 2.25. The smallest absolute Gasteiger partial charge is 0.251 e. The predicted molar refractivity (Wildman–Crippen MR) is 122 cm³/mol. The number of amides is 1. The molecule has 0 spiro atoms. The zero-order valence-corrected chi connectivity index (χ0v) is 18.9. The molecule has 1 amide bonds. The van der Waals surface area contributed by atoms with E-state index in [1.54, 1.807) is 45.6 Å². The van der Waals surface area contributed by atoms with E-state index in [0.29, 0.717) is 30.9 Å². The Hall–Kier alpha value is -3.42.